The van der Waals surface area contributed by atoms with Crippen LogP contribution in [0.25, 0.3) is 11.3 Å². The number of carbonyl (C=O) groups is 2. The summed E-state index contributed by atoms with van der Waals surface area (Å²) in [7, 11) is 1.89. The number of aromatic nitrogens is 1. The van der Waals surface area contributed by atoms with Gasteiger partial charge >= 0.3 is 59.1 Å². The summed E-state index contributed by atoms with van der Waals surface area (Å²) in [5, 5.41) is 21.6. The number of hydrogen-bond donors (Lipinski definition) is 0. The van der Waals surface area contributed by atoms with Gasteiger partial charge in [-0.25, -0.2) is 4.57 Å². The van der Waals surface area contributed by atoms with E-state index in [1.54, 1.807) is 18.2 Å². The molecule has 0 aliphatic heterocycles. The van der Waals surface area contributed by atoms with Crippen molar-refractivity contribution in [1.29, 1.82) is 0 Å². The van der Waals surface area contributed by atoms with Gasteiger partial charge in [0.25, 0.3) is 0 Å². The minimum atomic E-state index is -1.35. The topological polar surface area (TPSA) is 87.4 Å². The van der Waals surface area contributed by atoms with Crippen molar-refractivity contribution < 1.29 is 83.5 Å². The number of pyridine rings is 1. The fourth-order valence-electron chi connectivity index (χ4n) is 2.24. The van der Waals surface area contributed by atoms with Gasteiger partial charge in [0.05, 0.1) is 25.0 Å². The van der Waals surface area contributed by atoms with Gasteiger partial charge in [-0.3, -0.25) is 0 Å². The summed E-state index contributed by atoms with van der Waals surface area (Å²) in [6, 6.07) is 12.7. The molecule has 6 nitrogen and oxygen atoms in total. The average molecular weight is 345 g/mol. The molecule has 0 fully saturated rings. The minimum absolute atomic E-state index is 0. The predicted octanol–water partition coefficient (Wildman–Crippen LogP) is -7.51. The molecule has 114 valence electrons. The Bertz CT molecular complexity index is 694. The van der Waals surface area contributed by atoms with Crippen LogP contribution in [0.5, 0.6) is 0 Å². The van der Waals surface area contributed by atoms with Crippen LogP contribution in [0.15, 0.2) is 48.7 Å². The number of carbonyl (C=O) groups excluding carboxylic acids is 2. The number of nitrogens with zero attached hydrogens (tertiary/aromatic N) is 2. The molecule has 0 atom stereocenters. The predicted molar refractivity (Wildman–Crippen MR) is 75.3 cm³/mol. The van der Waals surface area contributed by atoms with E-state index in [1.165, 1.54) is 4.90 Å². The molecule has 0 amide bonds. The Balaban J connectivity index is 0.00000264. The van der Waals surface area contributed by atoms with Gasteiger partial charge < -0.3 is 24.7 Å². The zero-order valence-corrected chi connectivity index (χ0v) is 18.1. The number of rotatable bonds is 6. The quantitative estimate of drug-likeness (QED) is 0.383. The van der Waals surface area contributed by atoms with Crippen LogP contribution < -0.4 is 78.8 Å². The molecule has 24 heavy (non-hydrogen) atoms. The van der Waals surface area contributed by atoms with Crippen LogP contribution in [0, 0.1) is 0 Å². The Hall–Kier alpha value is -0.890. The van der Waals surface area contributed by atoms with E-state index < -0.39 is 25.0 Å². The Morgan fingerprint density at radius 3 is 2.17 bits per heavy atom. The Labute approximate surface area is 184 Å². The van der Waals surface area contributed by atoms with E-state index in [4.69, 9.17) is 0 Å². The second kappa shape index (κ2) is 10.9. The number of benzene rings is 1. The molecule has 0 spiro atoms. The van der Waals surface area contributed by atoms with Crippen molar-refractivity contribution in [3.05, 3.63) is 48.7 Å². The Morgan fingerprint density at radius 2 is 1.62 bits per heavy atom. The van der Waals surface area contributed by atoms with Gasteiger partial charge in [-0.2, -0.15) is 0 Å². The number of carboxylic acid groups (broad SMARTS) is 2. The van der Waals surface area contributed by atoms with Crippen LogP contribution >= 0.6 is 0 Å². The van der Waals surface area contributed by atoms with Crippen molar-refractivity contribution in [3.63, 3.8) is 0 Å². The molecule has 0 saturated carbocycles. The second-order valence-corrected chi connectivity index (χ2v) is 4.85. The molecule has 0 saturated heterocycles. The molecular formula is C16H15N2Na2O4+. The second-order valence-electron chi connectivity index (χ2n) is 4.85. The summed E-state index contributed by atoms with van der Waals surface area (Å²) < 4.78 is 1.92. The first-order valence-electron chi connectivity index (χ1n) is 6.67. The van der Waals surface area contributed by atoms with Gasteiger partial charge in [-0.15, -0.1) is 0 Å². The van der Waals surface area contributed by atoms with Crippen LogP contribution in [0.1, 0.15) is 0 Å². The zero-order chi connectivity index (χ0) is 16.1. The summed E-state index contributed by atoms with van der Waals surface area (Å²) in [4.78, 5) is 22.8. The van der Waals surface area contributed by atoms with E-state index >= 15 is 0 Å². The minimum Gasteiger partial charge on any atom is -0.548 e. The number of aryl methyl sites for hydroxylation is 1. The van der Waals surface area contributed by atoms with E-state index in [2.05, 4.69) is 0 Å². The zero-order valence-electron chi connectivity index (χ0n) is 14.1. The van der Waals surface area contributed by atoms with Crippen molar-refractivity contribution in [1.82, 2.24) is 0 Å². The van der Waals surface area contributed by atoms with Crippen molar-refractivity contribution in [2.75, 3.05) is 18.0 Å². The monoisotopic (exact) mass is 345 g/mol. The van der Waals surface area contributed by atoms with Crippen LogP contribution in [0.2, 0.25) is 0 Å². The number of hydrogen-bond acceptors (Lipinski definition) is 5. The summed E-state index contributed by atoms with van der Waals surface area (Å²) in [5.41, 5.74) is 2.25. The normalized spacial score (nSPS) is 9.38. The van der Waals surface area contributed by atoms with Gasteiger partial charge in [-0.05, 0) is 24.3 Å². The van der Waals surface area contributed by atoms with E-state index in [0.717, 1.165) is 11.3 Å². The molecule has 1 aromatic carbocycles. The molecule has 1 aromatic heterocycles. The first-order valence-corrected chi connectivity index (χ1v) is 6.67. The summed E-state index contributed by atoms with van der Waals surface area (Å²) in [5.74, 6) is -2.70. The van der Waals surface area contributed by atoms with Gasteiger partial charge in [0.15, 0.2) is 6.20 Å². The van der Waals surface area contributed by atoms with Crippen LogP contribution in [-0.2, 0) is 16.6 Å². The molecule has 0 unspecified atom stereocenters. The largest absolute Gasteiger partial charge is 1.00 e. The van der Waals surface area contributed by atoms with Crippen molar-refractivity contribution in [2.45, 2.75) is 0 Å². The van der Waals surface area contributed by atoms with E-state index in [-0.39, 0.29) is 59.1 Å². The third-order valence-corrected chi connectivity index (χ3v) is 3.20. The molecule has 1 heterocycles. The first kappa shape index (κ1) is 23.1. The molecule has 0 radical (unpaired) electrons. The molecule has 8 heteroatoms. The average Bonchev–Trinajstić information content (AvgIpc) is 2.46. The van der Waals surface area contributed by atoms with Gasteiger partial charge in [0.2, 0.25) is 5.69 Å². The Morgan fingerprint density at radius 1 is 1.00 bits per heavy atom. The number of carboxylic acids is 2. The van der Waals surface area contributed by atoms with Gasteiger partial charge in [0.1, 0.15) is 7.05 Å². The van der Waals surface area contributed by atoms with Crippen LogP contribution in [-0.4, -0.2) is 25.0 Å². The third-order valence-electron chi connectivity index (χ3n) is 3.20. The third kappa shape index (κ3) is 6.55. The smallest absolute Gasteiger partial charge is 0.548 e. The fourth-order valence-corrected chi connectivity index (χ4v) is 2.24. The number of anilines is 1. The summed E-state index contributed by atoms with van der Waals surface area (Å²) >= 11 is 0. The standard InChI is InChI=1S/C16H16N2O4.2Na/c1-17-8-3-2-7-14(17)12-5-4-6-13(9-12)18(10-15(19)20)11-16(21)22;;/h2-9H,10-11H2,1H3,(H-,19,20,21,22);;/q;2*+1/p-1. The molecule has 2 aromatic rings. The molecule has 2 rings (SSSR count). The maximum atomic E-state index is 10.8. The van der Waals surface area contributed by atoms with Crippen LogP contribution in [0.3, 0.4) is 0 Å². The van der Waals surface area contributed by atoms with E-state index in [9.17, 15) is 19.8 Å². The van der Waals surface area contributed by atoms with E-state index in [0.29, 0.717) is 5.69 Å². The molecule has 0 aliphatic carbocycles. The first-order chi connectivity index (χ1) is 10.5. The molecule has 0 bridgehead atoms. The van der Waals surface area contributed by atoms with Crippen molar-refractivity contribution >= 4 is 17.6 Å². The summed E-state index contributed by atoms with van der Waals surface area (Å²) in [6.07, 6.45) is 1.89. The molecule has 0 N–H and O–H groups in total. The van der Waals surface area contributed by atoms with Crippen molar-refractivity contribution in [2.24, 2.45) is 7.05 Å². The number of aliphatic carboxylic acids is 2. The fraction of sp³-hybridized carbons (Fsp3) is 0.188. The molecular weight excluding hydrogens is 330 g/mol. The SMILES string of the molecule is C[n+]1ccccc1-c1cccc(N(CC(=O)[O-])CC(=O)[O-])c1.[Na+].[Na+]. The maximum Gasteiger partial charge on any atom is 1.00 e. The molecule has 0 aliphatic rings. The summed E-state index contributed by atoms with van der Waals surface area (Å²) in [6.45, 7) is -1.03. The van der Waals surface area contributed by atoms with Gasteiger partial charge in [0, 0.05) is 23.4 Å². The van der Waals surface area contributed by atoms with Crippen LogP contribution in [0.4, 0.5) is 5.69 Å². The Kier molecular flexibility index (Phi) is 10.5. The maximum absolute atomic E-state index is 10.8. The van der Waals surface area contributed by atoms with Crippen molar-refractivity contribution in [3.8, 4) is 11.3 Å². The van der Waals surface area contributed by atoms with Gasteiger partial charge in [-0.1, -0.05) is 6.07 Å². The van der Waals surface area contributed by atoms with E-state index in [1.807, 2.05) is 42.1 Å².